The van der Waals surface area contributed by atoms with E-state index in [9.17, 15) is 13.2 Å². The van der Waals surface area contributed by atoms with Crippen molar-refractivity contribution in [3.05, 3.63) is 59.0 Å². The summed E-state index contributed by atoms with van der Waals surface area (Å²) in [4.78, 5) is 14.4. The van der Waals surface area contributed by atoms with Gasteiger partial charge in [-0.3, -0.25) is 4.79 Å². The Hall–Kier alpha value is -1.79. The van der Waals surface area contributed by atoms with Crippen molar-refractivity contribution in [2.45, 2.75) is 19.0 Å². The fraction of sp³-hybridized carbons (Fsp3) is 0.312. The highest BCUT2D eigenvalue weighted by molar-refractivity contribution is 7.91. The van der Waals surface area contributed by atoms with Crippen LogP contribution in [0.2, 0.25) is 5.02 Å². The second kappa shape index (κ2) is 6.37. The largest absolute Gasteiger partial charge is 0.467 e. The van der Waals surface area contributed by atoms with Crippen LogP contribution in [0.15, 0.2) is 47.1 Å². The van der Waals surface area contributed by atoms with E-state index in [1.807, 2.05) is 0 Å². The number of carbonyl (C=O) groups excluding carboxylic acids is 1. The molecule has 122 valence electrons. The molecule has 0 N–H and O–H groups in total. The number of sulfone groups is 1. The van der Waals surface area contributed by atoms with Crippen molar-refractivity contribution in [2.75, 3.05) is 11.5 Å². The van der Waals surface area contributed by atoms with E-state index in [4.69, 9.17) is 16.0 Å². The van der Waals surface area contributed by atoms with Crippen molar-refractivity contribution in [1.29, 1.82) is 0 Å². The number of carbonyl (C=O) groups is 1. The van der Waals surface area contributed by atoms with Gasteiger partial charge in [0.1, 0.15) is 5.76 Å². The molecule has 23 heavy (non-hydrogen) atoms. The van der Waals surface area contributed by atoms with Crippen LogP contribution in [0, 0.1) is 0 Å². The second-order valence-corrected chi connectivity index (χ2v) is 8.24. The summed E-state index contributed by atoms with van der Waals surface area (Å²) in [6.07, 6.45) is 1.98. The van der Waals surface area contributed by atoms with Gasteiger partial charge in [0, 0.05) is 16.6 Å². The van der Waals surface area contributed by atoms with Crippen LogP contribution in [-0.2, 0) is 16.4 Å². The fourth-order valence-electron chi connectivity index (χ4n) is 2.72. The molecule has 5 nitrogen and oxygen atoms in total. The predicted octanol–water partition coefficient (Wildman–Crippen LogP) is 2.76. The number of halogens is 1. The highest BCUT2D eigenvalue weighted by Crippen LogP contribution is 2.23. The van der Waals surface area contributed by atoms with Gasteiger partial charge in [0.2, 0.25) is 0 Å². The van der Waals surface area contributed by atoms with Gasteiger partial charge in [0.15, 0.2) is 9.84 Å². The number of nitrogens with zero attached hydrogens (tertiary/aromatic N) is 1. The normalized spacial score (nSPS) is 19.6. The molecule has 3 rings (SSSR count). The quantitative estimate of drug-likeness (QED) is 0.847. The van der Waals surface area contributed by atoms with Crippen molar-refractivity contribution in [3.8, 4) is 0 Å². The highest BCUT2D eigenvalue weighted by Gasteiger charge is 2.35. The van der Waals surface area contributed by atoms with Crippen LogP contribution in [0.4, 0.5) is 0 Å². The van der Waals surface area contributed by atoms with Crippen LogP contribution < -0.4 is 0 Å². The van der Waals surface area contributed by atoms with Gasteiger partial charge in [0.25, 0.3) is 5.91 Å². The summed E-state index contributed by atoms with van der Waals surface area (Å²) in [5.74, 6) is 0.504. The Morgan fingerprint density at radius 3 is 2.57 bits per heavy atom. The molecule has 1 aliphatic heterocycles. The molecule has 0 bridgehead atoms. The number of benzene rings is 1. The first-order valence-electron chi connectivity index (χ1n) is 7.24. The van der Waals surface area contributed by atoms with Crippen molar-refractivity contribution in [3.63, 3.8) is 0 Å². The van der Waals surface area contributed by atoms with Gasteiger partial charge in [-0.1, -0.05) is 11.6 Å². The zero-order valence-electron chi connectivity index (χ0n) is 12.3. The molecule has 1 saturated heterocycles. The number of hydrogen-bond donors (Lipinski definition) is 0. The summed E-state index contributed by atoms with van der Waals surface area (Å²) in [7, 11) is -3.09. The third kappa shape index (κ3) is 3.76. The van der Waals surface area contributed by atoms with E-state index in [-0.39, 0.29) is 30.0 Å². The Balaban J connectivity index is 1.88. The molecule has 0 unspecified atom stereocenters. The number of rotatable bonds is 4. The first kappa shape index (κ1) is 16.1. The molecular weight excluding hydrogens is 338 g/mol. The highest BCUT2D eigenvalue weighted by atomic mass is 35.5. The van der Waals surface area contributed by atoms with Crippen LogP contribution in [-0.4, -0.2) is 36.8 Å². The number of amides is 1. The van der Waals surface area contributed by atoms with E-state index in [0.29, 0.717) is 22.8 Å². The maximum Gasteiger partial charge on any atom is 0.254 e. The summed E-state index contributed by atoms with van der Waals surface area (Å²) in [6.45, 7) is 0.245. The average Bonchev–Trinajstić information content (AvgIpc) is 3.14. The zero-order valence-corrected chi connectivity index (χ0v) is 13.9. The Morgan fingerprint density at radius 2 is 2.00 bits per heavy atom. The van der Waals surface area contributed by atoms with Crippen LogP contribution >= 0.6 is 11.6 Å². The van der Waals surface area contributed by atoms with Crippen molar-refractivity contribution in [1.82, 2.24) is 4.90 Å². The molecule has 1 aromatic heterocycles. The van der Waals surface area contributed by atoms with E-state index in [0.717, 1.165) is 0 Å². The first-order chi connectivity index (χ1) is 10.9. The Kier molecular flexibility index (Phi) is 4.46. The minimum atomic E-state index is -3.09. The number of hydrogen-bond acceptors (Lipinski definition) is 4. The van der Waals surface area contributed by atoms with Gasteiger partial charge in [-0.2, -0.15) is 0 Å². The lowest BCUT2D eigenvalue weighted by Crippen LogP contribution is -2.40. The summed E-state index contributed by atoms with van der Waals surface area (Å²) in [5, 5.41) is 0.544. The molecule has 0 saturated carbocycles. The molecule has 1 fully saturated rings. The lowest BCUT2D eigenvalue weighted by Gasteiger charge is -2.27. The molecule has 7 heteroatoms. The van der Waals surface area contributed by atoms with E-state index in [2.05, 4.69) is 0 Å². The van der Waals surface area contributed by atoms with Gasteiger partial charge in [-0.15, -0.1) is 0 Å². The lowest BCUT2D eigenvalue weighted by atomic mass is 10.1. The topological polar surface area (TPSA) is 67.6 Å². The molecule has 1 aromatic carbocycles. The Morgan fingerprint density at radius 1 is 1.26 bits per heavy atom. The first-order valence-corrected chi connectivity index (χ1v) is 9.44. The molecule has 0 aliphatic carbocycles. The molecule has 1 aliphatic rings. The van der Waals surface area contributed by atoms with Crippen molar-refractivity contribution < 1.29 is 17.6 Å². The Bertz CT molecular complexity index is 784. The van der Waals surface area contributed by atoms with Crippen molar-refractivity contribution >= 4 is 27.3 Å². The van der Waals surface area contributed by atoms with Crippen molar-refractivity contribution in [2.24, 2.45) is 0 Å². The van der Waals surface area contributed by atoms with Crippen LogP contribution in [0.5, 0.6) is 0 Å². The molecule has 1 atom stereocenters. The predicted molar refractivity (Wildman–Crippen MR) is 87.1 cm³/mol. The standard InChI is InChI=1S/C16H16ClNO4S/c17-13-5-3-12(4-6-13)16(19)18(10-15-2-1-8-22-15)14-7-9-23(20,21)11-14/h1-6,8,14H,7,9-11H2/t14-/m1/s1. The summed E-state index contributed by atoms with van der Waals surface area (Å²) >= 11 is 5.86. The van der Waals surface area contributed by atoms with Crippen LogP contribution in [0.25, 0.3) is 0 Å². The van der Waals surface area contributed by atoms with Crippen LogP contribution in [0.3, 0.4) is 0 Å². The molecule has 0 spiro atoms. The lowest BCUT2D eigenvalue weighted by molar-refractivity contribution is 0.0666. The Labute approximate surface area is 139 Å². The smallest absolute Gasteiger partial charge is 0.254 e. The molecule has 0 radical (unpaired) electrons. The average molecular weight is 354 g/mol. The monoisotopic (exact) mass is 353 g/mol. The summed E-state index contributed by atoms with van der Waals surface area (Å²) < 4.78 is 28.9. The third-order valence-corrected chi connectivity index (χ3v) is 5.91. The minimum absolute atomic E-state index is 0.00691. The summed E-state index contributed by atoms with van der Waals surface area (Å²) in [5.41, 5.74) is 0.477. The van der Waals surface area contributed by atoms with Gasteiger partial charge in [0.05, 0.1) is 24.3 Å². The zero-order chi connectivity index (χ0) is 16.4. The maximum absolute atomic E-state index is 12.8. The maximum atomic E-state index is 12.8. The SMILES string of the molecule is O=C(c1ccc(Cl)cc1)N(Cc1ccco1)[C@@H]1CCS(=O)(=O)C1. The van der Waals surface area contributed by atoms with E-state index in [1.54, 1.807) is 41.3 Å². The van der Waals surface area contributed by atoms with E-state index in [1.165, 1.54) is 6.26 Å². The number of furan rings is 1. The van der Waals surface area contributed by atoms with Gasteiger partial charge >= 0.3 is 0 Å². The fourth-order valence-corrected chi connectivity index (χ4v) is 4.57. The van der Waals surface area contributed by atoms with E-state index < -0.39 is 9.84 Å². The minimum Gasteiger partial charge on any atom is -0.467 e. The molecule has 1 amide bonds. The third-order valence-electron chi connectivity index (χ3n) is 3.91. The van der Waals surface area contributed by atoms with Gasteiger partial charge in [-0.05, 0) is 42.8 Å². The van der Waals surface area contributed by atoms with E-state index >= 15 is 0 Å². The molecule has 2 aromatic rings. The van der Waals surface area contributed by atoms with Gasteiger partial charge < -0.3 is 9.32 Å². The molecular formula is C16H16ClNO4S. The van der Waals surface area contributed by atoms with Gasteiger partial charge in [-0.25, -0.2) is 8.42 Å². The molecule has 2 heterocycles. The van der Waals surface area contributed by atoms with Crippen LogP contribution in [0.1, 0.15) is 22.5 Å². The summed E-state index contributed by atoms with van der Waals surface area (Å²) in [6, 6.07) is 9.74. The second-order valence-electron chi connectivity index (χ2n) is 5.58.